The van der Waals surface area contributed by atoms with Gasteiger partial charge in [0.25, 0.3) is 0 Å². The lowest BCUT2D eigenvalue weighted by Crippen LogP contribution is -2.14. The van der Waals surface area contributed by atoms with Crippen LogP contribution in [0.1, 0.15) is 69.7 Å². The van der Waals surface area contributed by atoms with Crippen molar-refractivity contribution < 1.29 is 0 Å². The molecule has 0 radical (unpaired) electrons. The topological polar surface area (TPSA) is 26.0 Å². The van der Waals surface area contributed by atoms with Gasteiger partial charge in [-0.3, -0.25) is 0 Å². The number of hydrogen-bond acceptors (Lipinski definition) is 1. The molecule has 0 bridgehead atoms. The van der Waals surface area contributed by atoms with Gasteiger partial charge in [-0.25, -0.2) is 0 Å². The molecule has 0 saturated carbocycles. The first kappa shape index (κ1) is 19.2. The minimum Gasteiger partial charge on any atom is -0.328 e. The van der Waals surface area contributed by atoms with Gasteiger partial charge in [-0.05, 0) is 74.6 Å². The van der Waals surface area contributed by atoms with E-state index in [1.165, 1.54) is 35.1 Å². The molecule has 0 amide bonds. The van der Waals surface area contributed by atoms with Crippen LogP contribution >= 0.6 is 0 Å². The van der Waals surface area contributed by atoms with Crippen molar-refractivity contribution >= 4 is 0 Å². The summed E-state index contributed by atoms with van der Waals surface area (Å²) < 4.78 is 0. The molecule has 1 aromatic carbocycles. The standard InChI is InChI=1S/C17H29N.C2H6/c1-12(2)9-17-11-16(8-6-7-14(4)18)10-13(3)15(17)5;1-2/h10-12,14H,6-9,18H2,1-5H3;1-2H3/t14-;/m0./s1. The summed E-state index contributed by atoms with van der Waals surface area (Å²) in [5.74, 6) is 0.724. The lowest BCUT2D eigenvalue weighted by Gasteiger charge is -2.14. The number of nitrogens with two attached hydrogens (primary N) is 1. The second-order valence-corrected chi connectivity index (χ2v) is 6.16. The minimum atomic E-state index is 0.326. The average Bonchev–Trinajstić information content (AvgIpc) is 2.36. The van der Waals surface area contributed by atoms with Crippen LogP contribution in [0, 0.1) is 19.8 Å². The fraction of sp³-hybridized carbons (Fsp3) is 0.684. The Hall–Kier alpha value is -0.820. The molecule has 0 saturated heterocycles. The maximum atomic E-state index is 5.81. The van der Waals surface area contributed by atoms with E-state index in [1.54, 1.807) is 0 Å². The van der Waals surface area contributed by atoms with E-state index in [9.17, 15) is 0 Å². The summed E-state index contributed by atoms with van der Waals surface area (Å²) >= 11 is 0. The zero-order valence-corrected chi connectivity index (χ0v) is 14.7. The van der Waals surface area contributed by atoms with Gasteiger partial charge in [0.2, 0.25) is 0 Å². The van der Waals surface area contributed by atoms with E-state index in [0.29, 0.717) is 6.04 Å². The van der Waals surface area contributed by atoms with Gasteiger partial charge in [-0.1, -0.05) is 39.8 Å². The van der Waals surface area contributed by atoms with Crippen molar-refractivity contribution in [3.63, 3.8) is 0 Å². The van der Waals surface area contributed by atoms with Crippen LogP contribution in [-0.4, -0.2) is 6.04 Å². The van der Waals surface area contributed by atoms with Crippen LogP contribution in [0.5, 0.6) is 0 Å². The predicted molar refractivity (Wildman–Crippen MR) is 92.4 cm³/mol. The second kappa shape index (κ2) is 9.99. The van der Waals surface area contributed by atoms with Crippen LogP contribution in [-0.2, 0) is 12.8 Å². The van der Waals surface area contributed by atoms with Gasteiger partial charge < -0.3 is 5.73 Å². The molecule has 20 heavy (non-hydrogen) atoms. The molecule has 0 aliphatic rings. The molecule has 0 aromatic heterocycles. The highest BCUT2D eigenvalue weighted by atomic mass is 14.6. The lowest BCUT2D eigenvalue weighted by atomic mass is 9.92. The van der Waals surface area contributed by atoms with Crippen molar-refractivity contribution in [3.05, 3.63) is 34.4 Å². The highest BCUT2D eigenvalue weighted by Crippen LogP contribution is 2.20. The Labute approximate surface area is 127 Å². The van der Waals surface area contributed by atoms with E-state index in [1.807, 2.05) is 13.8 Å². The summed E-state index contributed by atoms with van der Waals surface area (Å²) in [6.45, 7) is 15.1. The summed E-state index contributed by atoms with van der Waals surface area (Å²) in [7, 11) is 0. The molecule has 1 nitrogen and oxygen atoms in total. The fourth-order valence-corrected chi connectivity index (χ4v) is 2.44. The number of rotatable bonds is 6. The van der Waals surface area contributed by atoms with Crippen LogP contribution in [0.2, 0.25) is 0 Å². The maximum absolute atomic E-state index is 5.81. The van der Waals surface area contributed by atoms with E-state index < -0.39 is 0 Å². The first-order valence-electron chi connectivity index (χ1n) is 8.24. The second-order valence-electron chi connectivity index (χ2n) is 6.16. The normalized spacial score (nSPS) is 12.1. The van der Waals surface area contributed by atoms with Crippen molar-refractivity contribution in [1.29, 1.82) is 0 Å². The SMILES string of the molecule is CC.Cc1cc(CCC[C@H](C)N)cc(CC(C)C)c1C. The Morgan fingerprint density at radius 2 is 1.65 bits per heavy atom. The molecule has 1 rings (SSSR count). The summed E-state index contributed by atoms with van der Waals surface area (Å²) in [4.78, 5) is 0. The lowest BCUT2D eigenvalue weighted by molar-refractivity contribution is 0.622. The predicted octanol–water partition coefficient (Wildman–Crippen LogP) is 5.20. The monoisotopic (exact) mass is 277 g/mol. The van der Waals surface area contributed by atoms with Crippen molar-refractivity contribution in [2.75, 3.05) is 0 Å². The molecule has 0 aliphatic heterocycles. The first-order valence-corrected chi connectivity index (χ1v) is 8.24. The van der Waals surface area contributed by atoms with E-state index in [-0.39, 0.29) is 0 Å². The van der Waals surface area contributed by atoms with Crippen molar-refractivity contribution in [1.82, 2.24) is 0 Å². The summed E-state index contributed by atoms with van der Waals surface area (Å²) in [5.41, 5.74) is 11.7. The van der Waals surface area contributed by atoms with Gasteiger partial charge in [0, 0.05) is 6.04 Å². The van der Waals surface area contributed by atoms with E-state index in [2.05, 4.69) is 46.8 Å². The van der Waals surface area contributed by atoms with Gasteiger partial charge in [0.1, 0.15) is 0 Å². The molecule has 1 aromatic rings. The summed E-state index contributed by atoms with van der Waals surface area (Å²) in [6, 6.07) is 5.08. The van der Waals surface area contributed by atoms with E-state index >= 15 is 0 Å². The molecule has 0 unspecified atom stereocenters. The third-order valence-corrected chi connectivity index (χ3v) is 3.59. The van der Waals surface area contributed by atoms with Crippen LogP contribution in [0.15, 0.2) is 12.1 Å². The quantitative estimate of drug-likeness (QED) is 0.760. The van der Waals surface area contributed by atoms with Gasteiger partial charge in [0.15, 0.2) is 0 Å². The summed E-state index contributed by atoms with van der Waals surface area (Å²) in [5, 5.41) is 0. The van der Waals surface area contributed by atoms with Gasteiger partial charge >= 0.3 is 0 Å². The molecule has 116 valence electrons. The third-order valence-electron chi connectivity index (χ3n) is 3.59. The highest BCUT2D eigenvalue weighted by molar-refractivity contribution is 5.38. The number of hydrogen-bond donors (Lipinski definition) is 1. The van der Waals surface area contributed by atoms with Crippen LogP contribution in [0.25, 0.3) is 0 Å². The Morgan fingerprint density at radius 3 is 2.15 bits per heavy atom. The first-order chi connectivity index (χ1) is 9.40. The molecule has 1 atom stereocenters. The fourth-order valence-electron chi connectivity index (χ4n) is 2.44. The Balaban J connectivity index is 0.00000172. The Morgan fingerprint density at radius 1 is 1.05 bits per heavy atom. The zero-order chi connectivity index (χ0) is 15.7. The third kappa shape index (κ3) is 7.09. The molecule has 2 N–H and O–H groups in total. The summed E-state index contributed by atoms with van der Waals surface area (Å²) in [6.07, 6.45) is 4.66. The van der Waals surface area contributed by atoms with E-state index in [4.69, 9.17) is 5.73 Å². The average molecular weight is 277 g/mol. The number of aryl methyl sites for hydroxylation is 2. The largest absolute Gasteiger partial charge is 0.328 e. The molecule has 0 spiro atoms. The van der Waals surface area contributed by atoms with Gasteiger partial charge in [-0.2, -0.15) is 0 Å². The van der Waals surface area contributed by atoms with Crippen molar-refractivity contribution in [2.45, 2.75) is 80.2 Å². The van der Waals surface area contributed by atoms with Gasteiger partial charge in [0.05, 0.1) is 0 Å². The van der Waals surface area contributed by atoms with Crippen LogP contribution in [0.4, 0.5) is 0 Å². The van der Waals surface area contributed by atoms with Crippen LogP contribution < -0.4 is 5.73 Å². The molecule has 0 heterocycles. The number of benzene rings is 1. The molecular formula is C19H35N. The van der Waals surface area contributed by atoms with Crippen molar-refractivity contribution in [3.8, 4) is 0 Å². The Bertz CT molecular complexity index is 378. The maximum Gasteiger partial charge on any atom is 0.00105 e. The van der Waals surface area contributed by atoms with Gasteiger partial charge in [-0.15, -0.1) is 0 Å². The van der Waals surface area contributed by atoms with Crippen LogP contribution in [0.3, 0.4) is 0 Å². The molecule has 0 aliphatic carbocycles. The smallest absolute Gasteiger partial charge is 0.00105 e. The highest BCUT2D eigenvalue weighted by Gasteiger charge is 2.07. The van der Waals surface area contributed by atoms with E-state index in [0.717, 1.165) is 18.8 Å². The zero-order valence-electron chi connectivity index (χ0n) is 14.7. The molecule has 0 fully saturated rings. The Kier molecular flexibility index (Phi) is 9.58. The minimum absolute atomic E-state index is 0.326. The van der Waals surface area contributed by atoms with Crippen molar-refractivity contribution in [2.24, 2.45) is 11.7 Å². The molecule has 1 heteroatoms. The molecular weight excluding hydrogens is 242 g/mol.